The van der Waals surface area contributed by atoms with Crippen molar-refractivity contribution in [1.82, 2.24) is 5.32 Å². The molecular weight excluding hydrogens is 270 g/mol. The van der Waals surface area contributed by atoms with Crippen molar-refractivity contribution in [2.75, 3.05) is 18.5 Å². The summed E-state index contributed by atoms with van der Waals surface area (Å²) in [5, 5.41) is 14.0. The molecule has 5 N–H and O–H groups in total. The Morgan fingerprint density at radius 3 is 2.38 bits per heavy atom. The number of anilines is 1. The molecule has 114 valence electrons. The number of nitrogens with two attached hydrogens (primary N) is 1. The summed E-state index contributed by atoms with van der Waals surface area (Å²) in [6, 6.07) is 6.59. The number of amides is 2. The molecule has 0 spiro atoms. The van der Waals surface area contributed by atoms with Gasteiger partial charge in [0.2, 0.25) is 5.91 Å². The van der Waals surface area contributed by atoms with E-state index in [9.17, 15) is 9.59 Å². The lowest BCUT2D eigenvalue weighted by Gasteiger charge is -2.22. The maximum atomic E-state index is 12.2. The van der Waals surface area contributed by atoms with E-state index in [0.29, 0.717) is 24.1 Å². The van der Waals surface area contributed by atoms with Gasteiger partial charge in [0.25, 0.3) is 5.91 Å². The van der Waals surface area contributed by atoms with Crippen molar-refractivity contribution in [2.45, 2.75) is 31.2 Å². The van der Waals surface area contributed by atoms with Gasteiger partial charge in [0.15, 0.2) is 0 Å². The molecule has 0 unspecified atom stereocenters. The molecule has 1 aromatic rings. The molecule has 0 aromatic heterocycles. The van der Waals surface area contributed by atoms with Crippen molar-refractivity contribution in [1.29, 1.82) is 0 Å². The lowest BCUT2D eigenvalue weighted by Crippen LogP contribution is -2.48. The minimum Gasteiger partial charge on any atom is -0.395 e. The summed E-state index contributed by atoms with van der Waals surface area (Å²) in [5.74, 6) is -0.425. The van der Waals surface area contributed by atoms with Crippen LogP contribution in [0.5, 0.6) is 0 Å². The van der Waals surface area contributed by atoms with Crippen molar-refractivity contribution in [3.8, 4) is 0 Å². The van der Waals surface area contributed by atoms with Crippen molar-refractivity contribution in [3.05, 3.63) is 29.8 Å². The monoisotopic (exact) mass is 291 g/mol. The Bertz CT molecular complexity index is 507. The van der Waals surface area contributed by atoms with Crippen molar-refractivity contribution >= 4 is 17.5 Å². The molecule has 21 heavy (non-hydrogen) atoms. The standard InChI is InChI=1S/C15H21N3O3/c16-15(7-1-2-8-15)14(21)18-12-5-3-11(4-6-12)13(20)17-9-10-19/h3-6,19H,1-2,7-10,16H2,(H,17,20)(H,18,21). The van der Waals surface area contributed by atoms with Gasteiger partial charge in [0, 0.05) is 17.8 Å². The predicted molar refractivity (Wildman–Crippen MR) is 79.9 cm³/mol. The number of benzene rings is 1. The molecule has 0 heterocycles. The van der Waals surface area contributed by atoms with E-state index >= 15 is 0 Å². The molecule has 1 saturated carbocycles. The highest BCUT2D eigenvalue weighted by molar-refractivity contribution is 5.99. The Morgan fingerprint density at radius 2 is 1.81 bits per heavy atom. The second-order valence-electron chi connectivity index (χ2n) is 5.37. The molecule has 0 radical (unpaired) electrons. The van der Waals surface area contributed by atoms with Gasteiger partial charge in [-0.1, -0.05) is 12.8 Å². The summed E-state index contributed by atoms with van der Waals surface area (Å²) < 4.78 is 0. The van der Waals surface area contributed by atoms with Crippen LogP contribution >= 0.6 is 0 Å². The largest absolute Gasteiger partial charge is 0.395 e. The van der Waals surface area contributed by atoms with Crippen molar-refractivity contribution < 1.29 is 14.7 Å². The first kappa shape index (κ1) is 15.5. The first-order valence-corrected chi connectivity index (χ1v) is 7.15. The topological polar surface area (TPSA) is 104 Å². The van der Waals surface area contributed by atoms with Gasteiger partial charge in [-0.3, -0.25) is 9.59 Å². The second-order valence-corrected chi connectivity index (χ2v) is 5.37. The van der Waals surface area contributed by atoms with Crippen LogP contribution in [0.25, 0.3) is 0 Å². The number of aliphatic hydroxyl groups excluding tert-OH is 1. The highest BCUT2D eigenvalue weighted by Crippen LogP contribution is 2.28. The fourth-order valence-corrected chi connectivity index (χ4v) is 2.46. The number of aliphatic hydroxyl groups is 1. The average molecular weight is 291 g/mol. The van der Waals surface area contributed by atoms with Gasteiger partial charge in [0.1, 0.15) is 0 Å². The average Bonchev–Trinajstić information content (AvgIpc) is 2.94. The zero-order chi connectivity index (χ0) is 15.3. The quantitative estimate of drug-likeness (QED) is 0.638. The Kier molecular flexibility index (Phi) is 4.93. The fraction of sp³-hybridized carbons (Fsp3) is 0.467. The first-order valence-electron chi connectivity index (χ1n) is 7.15. The fourth-order valence-electron chi connectivity index (χ4n) is 2.46. The van der Waals surface area contributed by atoms with Gasteiger partial charge in [0.05, 0.1) is 12.1 Å². The van der Waals surface area contributed by atoms with Crippen LogP contribution < -0.4 is 16.4 Å². The summed E-state index contributed by atoms with van der Waals surface area (Å²) in [5.41, 5.74) is 6.41. The Morgan fingerprint density at radius 1 is 1.19 bits per heavy atom. The van der Waals surface area contributed by atoms with E-state index in [2.05, 4.69) is 10.6 Å². The molecule has 1 aromatic carbocycles. The molecule has 0 aliphatic heterocycles. The Hall–Kier alpha value is -1.92. The minimum absolute atomic E-state index is 0.0987. The third kappa shape index (κ3) is 3.80. The third-order valence-corrected chi connectivity index (χ3v) is 3.75. The van der Waals surface area contributed by atoms with E-state index in [-0.39, 0.29) is 25.0 Å². The van der Waals surface area contributed by atoms with Gasteiger partial charge < -0.3 is 21.5 Å². The summed E-state index contributed by atoms with van der Waals surface area (Å²) in [7, 11) is 0. The highest BCUT2D eigenvalue weighted by Gasteiger charge is 2.36. The maximum Gasteiger partial charge on any atom is 0.251 e. The van der Waals surface area contributed by atoms with Crippen molar-refractivity contribution in [2.24, 2.45) is 5.73 Å². The number of nitrogens with one attached hydrogen (secondary N) is 2. The molecule has 2 amide bonds. The van der Waals surface area contributed by atoms with E-state index in [0.717, 1.165) is 12.8 Å². The number of rotatable bonds is 5. The molecule has 2 rings (SSSR count). The van der Waals surface area contributed by atoms with Crippen LogP contribution in [0.3, 0.4) is 0 Å². The lowest BCUT2D eigenvalue weighted by atomic mass is 9.98. The molecule has 1 aliphatic rings. The Labute approximate surface area is 123 Å². The summed E-state index contributed by atoms with van der Waals surface area (Å²) in [4.78, 5) is 23.8. The van der Waals surface area contributed by atoms with Gasteiger partial charge in [-0.05, 0) is 37.1 Å². The summed E-state index contributed by atoms with van der Waals surface area (Å²) in [6.45, 7) is 0.117. The normalized spacial score (nSPS) is 16.5. The van der Waals surface area contributed by atoms with Crippen LogP contribution in [0.1, 0.15) is 36.0 Å². The van der Waals surface area contributed by atoms with Crippen LogP contribution in [-0.4, -0.2) is 35.6 Å². The highest BCUT2D eigenvalue weighted by atomic mass is 16.3. The van der Waals surface area contributed by atoms with E-state index in [1.54, 1.807) is 24.3 Å². The zero-order valence-corrected chi connectivity index (χ0v) is 11.9. The number of hydrogen-bond donors (Lipinski definition) is 4. The van der Waals surface area contributed by atoms with E-state index in [4.69, 9.17) is 10.8 Å². The number of carbonyl (C=O) groups excluding carboxylic acids is 2. The molecule has 0 atom stereocenters. The van der Waals surface area contributed by atoms with Crippen LogP contribution in [0.4, 0.5) is 5.69 Å². The number of hydrogen-bond acceptors (Lipinski definition) is 4. The van der Waals surface area contributed by atoms with E-state index in [1.807, 2.05) is 0 Å². The van der Waals surface area contributed by atoms with Crippen LogP contribution in [0, 0.1) is 0 Å². The van der Waals surface area contributed by atoms with Gasteiger partial charge in [-0.15, -0.1) is 0 Å². The SMILES string of the molecule is NC1(C(=O)Nc2ccc(C(=O)NCCO)cc2)CCCC1. The molecule has 6 nitrogen and oxygen atoms in total. The predicted octanol–water partition coefficient (Wildman–Crippen LogP) is 0.619. The third-order valence-electron chi connectivity index (χ3n) is 3.75. The van der Waals surface area contributed by atoms with Crippen molar-refractivity contribution in [3.63, 3.8) is 0 Å². The molecular formula is C15H21N3O3. The summed E-state index contributed by atoms with van der Waals surface area (Å²) >= 11 is 0. The molecule has 1 fully saturated rings. The maximum absolute atomic E-state index is 12.2. The minimum atomic E-state index is -0.767. The Balaban J connectivity index is 1.96. The molecule has 6 heteroatoms. The van der Waals surface area contributed by atoms with Gasteiger partial charge in [-0.25, -0.2) is 0 Å². The van der Waals surface area contributed by atoms with Crippen LogP contribution in [0.15, 0.2) is 24.3 Å². The van der Waals surface area contributed by atoms with E-state index in [1.165, 1.54) is 0 Å². The molecule has 0 bridgehead atoms. The smallest absolute Gasteiger partial charge is 0.251 e. The summed E-state index contributed by atoms with van der Waals surface area (Å²) in [6.07, 6.45) is 3.38. The molecule has 1 aliphatic carbocycles. The second kappa shape index (κ2) is 6.69. The van der Waals surface area contributed by atoms with Gasteiger partial charge in [-0.2, -0.15) is 0 Å². The first-order chi connectivity index (χ1) is 10.0. The lowest BCUT2D eigenvalue weighted by molar-refractivity contribution is -0.121. The zero-order valence-electron chi connectivity index (χ0n) is 11.9. The molecule has 0 saturated heterocycles. The van der Waals surface area contributed by atoms with Crippen LogP contribution in [-0.2, 0) is 4.79 Å². The number of carbonyl (C=O) groups is 2. The van der Waals surface area contributed by atoms with Crippen LogP contribution in [0.2, 0.25) is 0 Å². The van der Waals surface area contributed by atoms with Gasteiger partial charge >= 0.3 is 0 Å². The van der Waals surface area contributed by atoms with E-state index < -0.39 is 5.54 Å².